The van der Waals surface area contributed by atoms with Crippen LogP contribution in [0.25, 0.3) is 0 Å². The second-order valence-electron chi connectivity index (χ2n) is 5.34. The third-order valence-corrected chi connectivity index (χ3v) is 3.54. The van der Waals surface area contributed by atoms with E-state index in [1.165, 1.54) is 11.1 Å². The molecule has 0 atom stereocenters. The Labute approximate surface area is 133 Å². The van der Waals surface area contributed by atoms with Crippen molar-refractivity contribution in [3.05, 3.63) is 65.7 Å². The van der Waals surface area contributed by atoms with Gasteiger partial charge in [-0.05, 0) is 37.4 Å². The van der Waals surface area contributed by atoms with Gasteiger partial charge in [-0.3, -0.25) is 0 Å². The fourth-order valence-electron chi connectivity index (χ4n) is 2.29. The van der Waals surface area contributed by atoms with Crippen LogP contribution in [0.1, 0.15) is 30.4 Å². The second-order valence-corrected chi connectivity index (χ2v) is 5.34. The number of ether oxygens (including phenoxy) is 1. The maximum atomic E-state index is 8.75. The molecule has 2 aromatic rings. The van der Waals surface area contributed by atoms with Crippen molar-refractivity contribution in [3.8, 4) is 5.75 Å². The molecule has 118 valence electrons. The maximum absolute atomic E-state index is 8.75. The van der Waals surface area contributed by atoms with Gasteiger partial charge in [0.05, 0.1) is 0 Å². The third-order valence-electron chi connectivity index (χ3n) is 3.54. The highest BCUT2D eigenvalue weighted by Gasteiger charge is 2.03. The Morgan fingerprint density at radius 2 is 1.64 bits per heavy atom. The van der Waals surface area contributed by atoms with Crippen molar-refractivity contribution in [2.24, 2.45) is 0 Å². The van der Waals surface area contributed by atoms with E-state index < -0.39 is 0 Å². The number of nitrogens with one attached hydrogen (secondary N) is 1. The van der Waals surface area contributed by atoms with Crippen molar-refractivity contribution >= 4 is 0 Å². The van der Waals surface area contributed by atoms with E-state index in [0.717, 1.165) is 38.1 Å². The Morgan fingerprint density at radius 1 is 0.864 bits per heavy atom. The molecular weight excluding hydrogens is 274 g/mol. The van der Waals surface area contributed by atoms with Crippen LogP contribution in [0.5, 0.6) is 5.75 Å². The van der Waals surface area contributed by atoms with Gasteiger partial charge in [-0.2, -0.15) is 0 Å². The smallest absolute Gasteiger partial charge is 0.124 e. The predicted molar refractivity (Wildman–Crippen MR) is 89.9 cm³/mol. The van der Waals surface area contributed by atoms with Gasteiger partial charge in [-0.1, -0.05) is 48.5 Å². The van der Waals surface area contributed by atoms with Gasteiger partial charge in [0.1, 0.15) is 12.4 Å². The molecule has 0 heterocycles. The molecule has 0 saturated carbocycles. The highest BCUT2D eigenvalue weighted by atomic mass is 16.5. The van der Waals surface area contributed by atoms with Crippen LogP contribution < -0.4 is 10.1 Å². The van der Waals surface area contributed by atoms with E-state index in [1.807, 2.05) is 36.4 Å². The summed E-state index contributed by atoms with van der Waals surface area (Å²) in [5.41, 5.74) is 2.36. The zero-order chi connectivity index (χ0) is 15.5. The molecule has 0 unspecified atom stereocenters. The summed E-state index contributed by atoms with van der Waals surface area (Å²) in [7, 11) is 0. The maximum Gasteiger partial charge on any atom is 0.124 e. The molecular formula is C19H25NO2. The standard InChI is InChI=1S/C19H25NO2/c21-14-8-2-7-13-20-15-18-11-5-6-12-19(18)22-16-17-9-3-1-4-10-17/h1,3-6,9-12,20-21H,2,7-8,13-16H2. The molecule has 0 bridgehead atoms. The number of hydrogen-bond donors (Lipinski definition) is 2. The monoisotopic (exact) mass is 299 g/mol. The second kappa shape index (κ2) is 9.98. The van der Waals surface area contributed by atoms with Crippen LogP contribution in [0, 0.1) is 0 Å². The molecule has 0 amide bonds. The summed E-state index contributed by atoms with van der Waals surface area (Å²) in [4.78, 5) is 0. The van der Waals surface area contributed by atoms with Gasteiger partial charge in [0, 0.05) is 18.7 Å². The minimum absolute atomic E-state index is 0.288. The molecule has 3 heteroatoms. The van der Waals surface area contributed by atoms with Gasteiger partial charge >= 0.3 is 0 Å². The van der Waals surface area contributed by atoms with Gasteiger partial charge in [-0.15, -0.1) is 0 Å². The number of unbranched alkanes of at least 4 members (excludes halogenated alkanes) is 2. The van der Waals surface area contributed by atoms with Crippen molar-refractivity contribution in [1.29, 1.82) is 0 Å². The van der Waals surface area contributed by atoms with E-state index in [4.69, 9.17) is 9.84 Å². The lowest BCUT2D eigenvalue weighted by atomic mass is 10.2. The molecule has 2 N–H and O–H groups in total. The summed E-state index contributed by atoms with van der Waals surface area (Å²) in [6.45, 7) is 2.65. The number of rotatable bonds is 10. The normalized spacial score (nSPS) is 10.6. The first-order chi connectivity index (χ1) is 10.9. The average molecular weight is 299 g/mol. The molecule has 0 aromatic heterocycles. The van der Waals surface area contributed by atoms with E-state index in [0.29, 0.717) is 6.61 Å². The first-order valence-corrected chi connectivity index (χ1v) is 7.96. The van der Waals surface area contributed by atoms with E-state index in [9.17, 15) is 0 Å². The first kappa shape index (κ1) is 16.5. The predicted octanol–water partition coefficient (Wildman–Crippen LogP) is 3.52. The molecule has 0 aliphatic heterocycles. The fraction of sp³-hybridized carbons (Fsp3) is 0.368. The van der Waals surface area contributed by atoms with E-state index in [-0.39, 0.29) is 6.61 Å². The summed E-state index contributed by atoms with van der Waals surface area (Å²) < 4.78 is 5.95. The van der Waals surface area contributed by atoms with Crippen LogP contribution in [-0.4, -0.2) is 18.3 Å². The lowest BCUT2D eigenvalue weighted by Gasteiger charge is -2.12. The Hall–Kier alpha value is -1.84. The topological polar surface area (TPSA) is 41.5 Å². The van der Waals surface area contributed by atoms with Crippen LogP contribution in [0.3, 0.4) is 0 Å². The van der Waals surface area contributed by atoms with Crippen molar-refractivity contribution in [2.45, 2.75) is 32.4 Å². The molecule has 2 rings (SSSR count). The van der Waals surface area contributed by atoms with Gasteiger partial charge < -0.3 is 15.2 Å². The molecule has 3 nitrogen and oxygen atoms in total. The molecule has 0 spiro atoms. The lowest BCUT2D eigenvalue weighted by Crippen LogP contribution is -2.15. The Kier molecular flexibility index (Phi) is 7.50. The highest BCUT2D eigenvalue weighted by Crippen LogP contribution is 2.19. The highest BCUT2D eigenvalue weighted by molar-refractivity contribution is 5.33. The summed E-state index contributed by atoms with van der Waals surface area (Å²) in [5, 5.41) is 12.2. The number of hydrogen-bond acceptors (Lipinski definition) is 3. The van der Waals surface area contributed by atoms with Crippen LogP contribution in [-0.2, 0) is 13.2 Å². The van der Waals surface area contributed by atoms with Crippen LogP contribution >= 0.6 is 0 Å². The number of benzene rings is 2. The number of para-hydroxylation sites is 1. The third kappa shape index (κ3) is 5.88. The summed E-state index contributed by atoms with van der Waals surface area (Å²) in [6, 6.07) is 18.4. The number of aliphatic hydroxyl groups is 1. The van der Waals surface area contributed by atoms with Crippen LogP contribution in [0.4, 0.5) is 0 Å². The van der Waals surface area contributed by atoms with Crippen molar-refractivity contribution in [2.75, 3.05) is 13.2 Å². The van der Waals surface area contributed by atoms with Crippen molar-refractivity contribution in [1.82, 2.24) is 5.32 Å². The molecule has 0 aliphatic carbocycles. The summed E-state index contributed by atoms with van der Waals surface area (Å²) in [5.74, 6) is 0.939. The van der Waals surface area contributed by atoms with Crippen molar-refractivity contribution in [3.63, 3.8) is 0 Å². The van der Waals surface area contributed by atoms with E-state index in [2.05, 4.69) is 23.5 Å². The number of aliphatic hydroxyl groups excluding tert-OH is 1. The molecule has 22 heavy (non-hydrogen) atoms. The fourth-order valence-corrected chi connectivity index (χ4v) is 2.29. The zero-order valence-corrected chi connectivity index (χ0v) is 13.0. The van der Waals surface area contributed by atoms with Crippen LogP contribution in [0.2, 0.25) is 0 Å². The lowest BCUT2D eigenvalue weighted by molar-refractivity contribution is 0.282. The largest absolute Gasteiger partial charge is 0.489 e. The summed E-state index contributed by atoms with van der Waals surface area (Å²) >= 11 is 0. The molecule has 0 saturated heterocycles. The summed E-state index contributed by atoms with van der Waals surface area (Å²) in [6.07, 6.45) is 3.04. The SMILES string of the molecule is OCCCCCNCc1ccccc1OCc1ccccc1. The molecule has 2 aromatic carbocycles. The van der Waals surface area contributed by atoms with Crippen LogP contribution in [0.15, 0.2) is 54.6 Å². The zero-order valence-electron chi connectivity index (χ0n) is 13.0. The van der Waals surface area contributed by atoms with Gasteiger partial charge in [0.2, 0.25) is 0 Å². The minimum Gasteiger partial charge on any atom is -0.489 e. The first-order valence-electron chi connectivity index (χ1n) is 7.96. The Morgan fingerprint density at radius 3 is 2.45 bits per heavy atom. The Bertz CT molecular complexity index is 528. The van der Waals surface area contributed by atoms with Gasteiger partial charge in [-0.25, -0.2) is 0 Å². The van der Waals surface area contributed by atoms with E-state index >= 15 is 0 Å². The van der Waals surface area contributed by atoms with Gasteiger partial charge in [0.25, 0.3) is 0 Å². The molecule has 0 fully saturated rings. The van der Waals surface area contributed by atoms with Gasteiger partial charge in [0.15, 0.2) is 0 Å². The average Bonchev–Trinajstić information content (AvgIpc) is 2.58. The Balaban J connectivity index is 1.79. The minimum atomic E-state index is 0.288. The molecule has 0 aliphatic rings. The van der Waals surface area contributed by atoms with Crippen molar-refractivity contribution < 1.29 is 9.84 Å². The molecule has 0 radical (unpaired) electrons. The van der Waals surface area contributed by atoms with E-state index in [1.54, 1.807) is 0 Å². The quantitative estimate of drug-likeness (QED) is 0.660.